The third-order valence-corrected chi connectivity index (χ3v) is 4.25. The number of β-amino-alcohol motifs (C(OH)–C–C–N with tert-alkyl or cyclic N) is 1. The van der Waals surface area contributed by atoms with Crippen LogP contribution in [0.3, 0.4) is 0 Å². The van der Waals surface area contributed by atoms with Gasteiger partial charge in [0.15, 0.2) is 6.61 Å². The normalized spacial score (nSPS) is 15.9. The van der Waals surface area contributed by atoms with Crippen molar-refractivity contribution in [3.8, 4) is 16.9 Å². The predicted octanol–water partition coefficient (Wildman–Crippen LogP) is 2.75. The lowest BCUT2D eigenvalue weighted by atomic mass is 10.0. The minimum absolute atomic E-state index is 0.0280. The van der Waals surface area contributed by atoms with Crippen molar-refractivity contribution in [2.24, 2.45) is 5.10 Å². The molecule has 0 bridgehead atoms. The number of aliphatic hydroxyl groups is 1. The maximum Gasteiger partial charge on any atom is 0.422 e. The summed E-state index contributed by atoms with van der Waals surface area (Å²) < 4.78 is 70.3. The zero-order valence-electron chi connectivity index (χ0n) is 15.6. The molecule has 1 unspecified atom stereocenters. The van der Waals surface area contributed by atoms with Crippen LogP contribution in [0.25, 0.3) is 11.1 Å². The second-order valence-corrected chi connectivity index (χ2v) is 6.49. The Morgan fingerprint density at radius 2 is 1.73 bits per heavy atom. The van der Waals surface area contributed by atoms with Crippen molar-refractivity contribution in [1.82, 2.24) is 20.6 Å². The highest BCUT2D eigenvalue weighted by atomic mass is 19.4. The van der Waals surface area contributed by atoms with Gasteiger partial charge in [0.2, 0.25) is 0 Å². The van der Waals surface area contributed by atoms with Crippen molar-refractivity contribution < 1.29 is 31.8 Å². The SMILES string of the molecule is CN1NN=CN1CC(O)C(F)(F)c1ccc(-c2ccc(OCC(F)(F)F)cc2)cn1. The Labute approximate surface area is 168 Å². The van der Waals surface area contributed by atoms with Crippen molar-refractivity contribution >= 4 is 6.34 Å². The average Bonchev–Trinajstić information content (AvgIpc) is 3.11. The summed E-state index contributed by atoms with van der Waals surface area (Å²) in [5, 5.41) is 16.3. The Morgan fingerprint density at radius 3 is 2.27 bits per heavy atom. The van der Waals surface area contributed by atoms with Crippen LogP contribution in [0.5, 0.6) is 5.75 Å². The van der Waals surface area contributed by atoms with Crippen LogP contribution in [-0.4, -0.2) is 59.0 Å². The van der Waals surface area contributed by atoms with Crippen molar-refractivity contribution in [3.05, 3.63) is 48.3 Å². The van der Waals surface area contributed by atoms with Gasteiger partial charge in [-0.3, -0.25) is 9.99 Å². The summed E-state index contributed by atoms with van der Waals surface area (Å²) in [7, 11) is 1.55. The smallest absolute Gasteiger partial charge is 0.422 e. The number of aliphatic hydroxyl groups excluding tert-OH is 1. The lowest BCUT2D eigenvalue weighted by molar-refractivity contribution is -0.153. The molecule has 0 aliphatic carbocycles. The first kappa shape index (κ1) is 21.7. The highest BCUT2D eigenvalue weighted by Gasteiger charge is 2.43. The zero-order chi connectivity index (χ0) is 21.9. The lowest BCUT2D eigenvalue weighted by Gasteiger charge is -2.28. The number of hydrogen-bond donors (Lipinski definition) is 2. The number of aromatic nitrogens is 1. The van der Waals surface area contributed by atoms with Gasteiger partial charge in [-0.2, -0.15) is 27.1 Å². The Balaban J connectivity index is 1.67. The van der Waals surface area contributed by atoms with Crippen molar-refractivity contribution in [1.29, 1.82) is 0 Å². The molecule has 0 saturated carbocycles. The molecule has 0 fully saturated rings. The lowest BCUT2D eigenvalue weighted by Crippen LogP contribution is -2.47. The van der Waals surface area contributed by atoms with Crippen LogP contribution in [0.15, 0.2) is 47.7 Å². The second-order valence-electron chi connectivity index (χ2n) is 6.49. The maximum absolute atomic E-state index is 14.6. The van der Waals surface area contributed by atoms with Crippen LogP contribution in [0, 0.1) is 0 Å². The van der Waals surface area contributed by atoms with Gasteiger partial charge >= 0.3 is 12.1 Å². The minimum Gasteiger partial charge on any atom is -0.484 e. The Morgan fingerprint density at radius 1 is 1.07 bits per heavy atom. The third kappa shape index (κ3) is 5.13. The number of ether oxygens (including phenoxy) is 1. The standard InChI is InChI=1S/C18H18F5N5O2/c1-27-26-25-11-28(27)9-16(29)18(22,23)15-7-4-13(8-24-15)12-2-5-14(6-3-12)30-10-17(19,20)21/h2-8,11,16,26,29H,9-10H2,1H3. The van der Waals surface area contributed by atoms with Crippen LogP contribution >= 0.6 is 0 Å². The first-order valence-corrected chi connectivity index (χ1v) is 8.68. The molecule has 0 radical (unpaired) electrons. The second kappa shape index (κ2) is 8.40. The number of nitrogens with one attached hydrogen (secondary N) is 1. The van der Waals surface area contributed by atoms with E-state index < -0.39 is 37.0 Å². The summed E-state index contributed by atoms with van der Waals surface area (Å²) in [4.78, 5) is 3.76. The summed E-state index contributed by atoms with van der Waals surface area (Å²) in [6, 6.07) is 8.15. The van der Waals surface area contributed by atoms with Crippen LogP contribution in [0.4, 0.5) is 22.0 Å². The molecule has 2 heterocycles. The summed E-state index contributed by atoms with van der Waals surface area (Å²) in [6.45, 7) is -1.82. The van der Waals surface area contributed by atoms with E-state index in [9.17, 15) is 27.1 Å². The van der Waals surface area contributed by atoms with Crippen molar-refractivity contribution in [3.63, 3.8) is 0 Å². The number of rotatable bonds is 7. The molecule has 3 rings (SSSR count). The summed E-state index contributed by atoms with van der Waals surface area (Å²) in [6.07, 6.45) is -4.03. The first-order valence-electron chi connectivity index (χ1n) is 8.68. The molecule has 30 heavy (non-hydrogen) atoms. The molecule has 0 spiro atoms. The van der Waals surface area contributed by atoms with Gasteiger partial charge in [0.1, 0.15) is 23.9 Å². The van der Waals surface area contributed by atoms with Gasteiger partial charge in [-0.15, -0.1) is 5.12 Å². The van der Waals surface area contributed by atoms with Gasteiger partial charge in [0, 0.05) is 18.8 Å². The fraction of sp³-hybridized carbons (Fsp3) is 0.333. The van der Waals surface area contributed by atoms with Crippen LogP contribution < -0.4 is 10.3 Å². The monoisotopic (exact) mass is 431 g/mol. The molecule has 1 atom stereocenters. The number of alkyl halides is 5. The van der Waals surface area contributed by atoms with E-state index in [0.717, 1.165) is 6.07 Å². The van der Waals surface area contributed by atoms with E-state index in [4.69, 9.17) is 0 Å². The van der Waals surface area contributed by atoms with Gasteiger partial charge in [0.25, 0.3) is 0 Å². The van der Waals surface area contributed by atoms with Crippen LogP contribution in [0.1, 0.15) is 5.69 Å². The van der Waals surface area contributed by atoms with E-state index in [-0.39, 0.29) is 5.75 Å². The molecule has 1 aromatic carbocycles. The molecule has 2 aromatic rings. The van der Waals surface area contributed by atoms with Crippen LogP contribution in [-0.2, 0) is 5.92 Å². The maximum atomic E-state index is 14.6. The fourth-order valence-corrected chi connectivity index (χ4v) is 2.61. The van der Waals surface area contributed by atoms with E-state index >= 15 is 0 Å². The molecule has 162 valence electrons. The van der Waals surface area contributed by atoms with Gasteiger partial charge in [-0.1, -0.05) is 18.2 Å². The molecule has 12 heteroatoms. The van der Waals surface area contributed by atoms with Gasteiger partial charge in [0.05, 0.1) is 6.54 Å². The predicted molar refractivity (Wildman–Crippen MR) is 97.2 cm³/mol. The van der Waals surface area contributed by atoms with E-state index in [1.807, 2.05) is 0 Å². The van der Waals surface area contributed by atoms with E-state index in [1.54, 1.807) is 7.05 Å². The first-order chi connectivity index (χ1) is 14.1. The zero-order valence-corrected chi connectivity index (χ0v) is 15.6. The minimum atomic E-state index is -4.44. The van der Waals surface area contributed by atoms with Gasteiger partial charge in [-0.25, -0.2) is 5.53 Å². The molecule has 1 aliphatic heterocycles. The highest BCUT2D eigenvalue weighted by molar-refractivity contribution is 5.63. The number of halogens is 5. The summed E-state index contributed by atoms with van der Waals surface area (Å²) >= 11 is 0. The van der Waals surface area contributed by atoms with E-state index in [1.165, 1.54) is 53.0 Å². The van der Waals surface area contributed by atoms with Crippen molar-refractivity contribution in [2.45, 2.75) is 18.2 Å². The molecule has 1 aliphatic rings. The van der Waals surface area contributed by atoms with E-state index in [2.05, 4.69) is 20.4 Å². The molecule has 0 amide bonds. The molecule has 1 aromatic heterocycles. The number of hydrazine groups is 2. The summed E-state index contributed by atoms with van der Waals surface area (Å²) in [5.41, 5.74) is 2.92. The molecular weight excluding hydrogens is 413 g/mol. The number of pyridine rings is 1. The Bertz CT molecular complexity index is 874. The largest absolute Gasteiger partial charge is 0.484 e. The molecule has 0 saturated heterocycles. The molecule has 2 N–H and O–H groups in total. The quantitative estimate of drug-likeness (QED) is 0.657. The van der Waals surface area contributed by atoms with Gasteiger partial charge in [-0.05, 0) is 23.8 Å². The average molecular weight is 431 g/mol. The number of hydrogen-bond acceptors (Lipinski definition) is 7. The highest BCUT2D eigenvalue weighted by Crippen LogP contribution is 2.32. The van der Waals surface area contributed by atoms with Crippen LogP contribution in [0.2, 0.25) is 0 Å². The number of hydrazone groups is 1. The number of benzene rings is 1. The molecule has 7 nitrogen and oxygen atoms in total. The summed E-state index contributed by atoms with van der Waals surface area (Å²) in [5.74, 6) is -3.59. The third-order valence-electron chi connectivity index (χ3n) is 4.25. The topological polar surface area (TPSA) is 73.2 Å². The molecular formula is C18H18F5N5O2. The Kier molecular flexibility index (Phi) is 6.08. The van der Waals surface area contributed by atoms with E-state index in [0.29, 0.717) is 11.1 Å². The fourth-order valence-electron chi connectivity index (χ4n) is 2.61. The number of nitrogens with zero attached hydrogens (tertiary/aromatic N) is 4. The van der Waals surface area contributed by atoms with Crippen molar-refractivity contribution in [2.75, 3.05) is 20.2 Å². The Hall–Kier alpha value is -2.99. The van der Waals surface area contributed by atoms with Gasteiger partial charge < -0.3 is 9.84 Å².